The summed E-state index contributed by atoms with van der Waals surface area (Å²) in [4.78, 5) is 2.56. The maximum absolute atomic E-state index is 6.19. The van der Waals surface area contributed by atoms with Gasteiger partial charge in [-0.15, -0.1) is 0 Å². The summed E-state index contributed by atoms with van der Waals surface area (Å²) in [5.41, 5.74) is 1.14. The van der Waals surface area contributed by atoms with Crippen LogP contribution in [0.5, 0.6) is 11.5 Å². The summed E-state index contributed by atoms with van der Waals surface area (Å²) in [6.45, 7) is 5.70. The minimum atomic E-state index is 0.265. The van der Waals surface area contributed by atoms with Crippen LogP contribution in [0.25, 0.3) is 0 Å². The number of fused-ring (bicyclic) bond motifs is 1. The third-order valence-corrected chi connectivity index (χ3v) is 4.40. The summed E-state index contributed by atoms with van der Waals surface area (Å²) >= 11 is 6.19. The lowest BCUT2D eigenvalue weighted by Crippen LogP contribution is -2.32. The molecule has 0 unspecified atom stereocenters. The standard InChI is InChI=1S/C16H23ClN2O2/c17-14-9-13(10-15-16(14)21-12-20-15)11-18-5-8-19-6-3-1-2-4-7-19/h9-10,18H,1-8,11-12H2. The fourth-order valence-corrected chi connectivity index (χ4v) is 3.24. The van der Waals surface area contributed by atoms with Gasteiger partial charge in [-0.1, -0.05) is 24.4 Å². The van der Waals surface area contributed by atoms with Crippen molar-refractivity contribution in [2.45, 2.75) is 32.2 Å². The highest BCUT2D eigenvalue weighted by Crippen LogP contribution is 2.39. The number of nitrogens with one attached hydrogen (secondary N) is 1. The summed E-state index contributed by atoms with van der Waals surface area (Å²) in [6, 6.07) is 3.96. The average Bonchev–Trinajstić information content (AvgIpc) is 2.80. The zero-order valence-corrected chi connectivity index (χ0v) is 13.1. The van der Waals surface area contributed by atoms with E-state index in [1.165, 1.54) is 38.8 Å². The van der Waals surface area contributed by atoms with Crippen molar-refractivity contribution in [3.8, 4) is 11.5 Å². The van der Waals surface area contributed by atoms with E-state index in [1.54, 1.807) is 0 Å². The van der Waals surface area contributed by atoms with Crippen molar-refractivity contribution in [1.29, 1.82) is 0 Å². The molecule has 0 spiro atoms. The molecular formula is C16H23ClN2O2. The Morgan fingerprint density at radius 2 is 1.90 bits per heavy atom. The van der Waals surface area contributed by atoms with Crippen molar-refractivity contribution in [2.75, 3.05) is 33.0 Å². The second kappa shape index (κ2) is 7.34. The van der Waals surface area contributed by atoms with Gasteiger partial charge in [0.25, 0.3) is 0 Å². The van der Waals surface area contributed by atoms with Gasteiger partial charge in [0.2, 0.25) is 6.79 Å². The maximum atomic E-state index is 6.19. The summed E-state index contributed by atoms with van der Waals surface area (Å²) in [5, 5.41) is 4.12. The first kappa shape index (κ1) is 14.9. The van der Waals surface area contributed by atoms with Crippen LogP contribution < -0.4 is 14.8 Å². The Hall–Kier alpha value is -0.970. The van der Waals surface area contributed by atoms with Crippen molar-refractivity contribution in [2.24, 2.45) is 0 Å². The molecule has 21 heavy (non-hydrogen) atoms. The molecule has 0 aromatic heterocycles. The molecule has 0 radical (unpaired) electrons. The molecule has 0 amide bonds. The Morgan fingerprint density at radius 1 is 1.10 bits per heavy atom. The van der Waals surface area contributed by atoms with Crippen molar-refractivity contribution in [3.05, 3.63) is 22.7 Å². The van der Waals surface area contributed by atoms with E-state index in [2.05, 4.69) is 10.2 Å². The number of nitrogens with zero attached hydrogens (tertiary/aromatic N) is 1. The quantitative estimate of drug-likeness (QED) is 0.848. The van der Waals surface area contributed by atoms with Gasteiger partial charge in [0.15, 0.2) is 11.5 Å². The van der Waals surface area contributed by atoms with Crippen molar-refractivity contribution < 1.29 is 9.47 Å². The van der Waals surface area contributed by atoms with Crippen molar-refractivity contribution in [3.63, 3.8) is 0 Å². The van der Waals surface area contributed by atoms with E-state index in [4.69, 9.17) is 21.1 Å². The third-order valence-electron chi connectivity index (χ3n) is 4.12. The number of halogens is 1. The first-order valence-corrected chi connectivity index (χ1v) is 8.22. The molecule has 2 aliphatic heterocycles. The summed E-state index contributed by atoms with van der Waals surface area (Å²) < 4.78 is 10.7. The maximum Gasteiger partial charge on any atom is 0.231 e. The topological polar surface area (TPSA) is 33.7 Å². The first-order chi connectivity index (χ1) is 10.3. The average molecular weight is 311 g/mol. The molecule has 3 rings (SSSR count). The van der Waals surface area contributed by atoms with Crippen LogP contribution in [0, 0.1) is 0 Å². The smallest absolute Gasteiger partial charge is 0.231 e. The molecule has 5 heteroatoms. The van der Waals surface area contributed by atoms with Crippen molar-refractivity contribution in [1.82, 2.24) is 10.2 Å². The summed E-state index contributed by atoms with van der Waals surface area (Å²) in [7, 11) is 0. The Kier molecular flexibility index (Phi) is 5.22. The summed E-state index contributed by atoms with van der Waals surface area (Å²) in [5.74, 6) is 1.43. The third kappa shape index (κ3) is 4.02. The fraction of sp³-hybridized carbons (Fsp3) is 0.625. The van der Waals surface area contributed by atoms with Crippen LogP contribution in [0.2, 0.25) is 5.02 Å². The number of ether oxygens (including phenoxy) is 2. The predicted octanol–water partition coefficient (Wildman–Crippen LogP) is 3.03. The van der Waals surface area contributed by atoms with Gasteiger partial charge >= 0.3 is 0 Å². The van der Waals surface area contributed by atoms with E-state index in [9.17, 15) is 0 Å². The highest BCUT2D eigenvalue weighted by Gasteiger charge is 2.18. The van der Waals surface area contributed by atoms with Crippen LogP contribution in [0.3, 0.4) is 0 Å². The van der Waals surface area contributed by atoms with Gasteiger partial charge < -0.3 is 19.7 Å². The lowest BCUT2D eigenvalue weighted by Gasteiger charge is -2.19. The van der Waals surface area contributed by atoms with E-state index in [-0.39, 0.29) is 6.79 Å². The number of benzene rings is 1. The van der Waals surface area contributed by atoms with Gasteiger partial charge in [0.1, 0.15) is 0 Å². The van der Waals surface area contributed by atoms with Gasteiger partial charge in [-0.25, -0.2) is 0 Å². The minimum absolute atomic E-state index is 0.265. The van der Waals surface area contributed by atoms with Gasteiger partial charge in [-0.3, -0.25) is 0 Å². The molecule has 0 atom stereocenters. The highest BCUT2D eigenvalue weighted by molar-refractivity contribution is 6.32. The van der Waals surface area contributed by atoms with Crippen LogP contribution >= 0.6 is 11.6 Å². The lowest BCUT2D eigenvalue weighted by molar-refractivity contribution is 0.174. The molecular weight excluding hydrogens is 288 g/mol. The van der Waals surface area contributed by atoms with E-state index in [0.29, 0.717) is 10.8 Å². The molecule has 0 aliphatic carbocycles. The number of rotatable bonds is 5. The van der Waals surface area contributed by atoms with Crippen LogP contribution in [0.4, 0.5) is 0 Å². The molecule has 1 saturated heterocycles. The number of hydrogen-bond acceptors (Lipinski definition) is 4. The van der Waals surface area contributed by atoms with Gasteiger partial charge in [-0.2, -0.15) is 0 Å². The van der Waals surface area contributed by atoms with Gasteiger partial charge in [0.05, 0.1) is 5.02 Å². The normalized spacial score (nSPS) is 18.7. The van der Waals surface area contributed by atoms with Gasteiger partial charge in [0, 0.05) is 19.6 Å². The molecule has 1 aromatic carbocycles. The Morgan fingerprint density at radius 3 is 2.71 bits per heavy atom. The van der Waals surface area contributed by atoms with Crippen LogP contribution in [0.15, 0.2) is 12.1 Å². The molecule has 1 aromatic rings. The largest absolute Gasteiger partial charge is 0.454 e. The van der Waals surface area contributed by atoms with Gasteiger partial charge in [-0.05, 0) is 43.6 Å². The molecule has 2 aliphatic rings. The second-order valence-electron chi connectivity index (χ2n) is 5.74. The first-order valence-electron chi connectivity index (χ1n) is 7.84. The Balaban J connectivity index is 1.44. The molecule has 0 saturated carbocycles. The Bertz CT molecular complexity index is 474. The zero-order valence-electron chi connectivity index (χ0n) is 12.4. The monoisotopic (exact) mass is 310 g/mol. The summed E-state index contributed by atoms with van der Waals surface area (Å²) in [6.07, 6.45) is 5.47. The zero-order chi connectivity index (χ0) is 14.5. The molecule has 116 valence electrons. The van der Waals surface area contributed by atoms with E-state index in [0.717, 1.165) is 30.9 Å². The highest BCUT2D eigenvalue weighted by atomic mass is 35.5. The van der Waals surface area contributed by atoms with Crippen LogP contribution in [-0.4, -0.2) is 37.9 Å². The van der Waals surface area contributed by atoms with Crippen molar-refractivity contribution >= 4 is 11.6 Å². The SMILES string of the molecule is Clc1cc(CNCCN2CCCCCC2)cc2c1OCO2. The molecule has 4 nitrogen and oxygen atoms in total. The molecule has 0 bridgehead atoms. The van der Waals surface area contributed by atoms with E-state index >= 15 is 0 Å². The van der Waals surface area contributed by atoms with Crippen LogP contribution in [-0.2, 0) is 6.54 Å². The molecule has 1 fully saturated rings. The Labute approximate surface area is 131 Å². The number of likely N-dealkylation sites (tertiary alicyclic amines) is 1. The lowest BCUT2D eigenvalue weighted by atomic mass is 10.2. The predicted molar refractivity (Wildman–Crippen MR) is 84.2 cm³/mol. The van der Waals surface area contributed by atoms with Crippen LogP contribution in [0.1, 0.15) is 31.2 Å². The van der Waals surface area contributed by atoms with E-state index in [1.807, 2.05) is 12.1 Å². The number of hydrogen-bond donors (Lipinski definition) is 1. The van der Waals surface area contributed by atoms with E-state index < -0.39 is 0 Å². The minimum Gasteiger partial charge on any atom is -0.454 e. The molecule has 1 N–H and O–H groups in total. The fourth-order valence-electron chi connectivity index (χ4n) is 2.95. The second-order valence-corrected chi connectivity index (χ2v) is 6.15. The molecule has 2 heterocycles.